The van der Waals surface area contributed by atoms with E-state index in [1.54, 1.807) is 6.07 Å². The normalized spacial score (nSPS) is 30.8. The van der Waals surface area contributed by atoms with E-state index in [1.165, 1.54) is 18.4 Å². The second-order valence-electron chi connectivity index (χ2n) is 4.86. The summed E-state index contributed by atoms with van der Waals surface area (Å²) >= 11 is 3.67. The number of alkyl halides is 1. The third-order valence-corrected chi connectivity index (χ3v) is 4.32. The van der Waals surface area contributed by atoms with Crippen LogP contribution in [-0.2, 0) is 5.41 Å². The molecule has 1 aliphatic rings. The van der Waals surface area contributed by atoms with Gasteiger partial charge in [0.25, 0.3) is 0 Å². The summed E-state index contributed by atoms with van der Waals surface area (Å²) in [6, 6.07) is 5.53. The van der Waals surface area contributed by atoms with Crippen molar-refractivity contribution in [1.82, 2.24) is 0 Å². The van der Waals surface area contributed by atoms with E-state index in [2.05, 4.69) is 22.9 Å². The molecule has 1 saturated carbocycles. The van der Waals surface area contributed by atoms with Crippen LogP contribution in [0.1, 0.15) is 37.3 Å². The van der Waals surface area contributed by atoms with Gasteiger partial charge in [0, 0.05) is 4.83 Å². The Hall–Kier alpha value is -0.370. The molecule has 0 N–H and O–H groups in total. The first-order valence-electron chi connectivity index (χ1n) is 5.42. The molecule has 1 aromatic rings. The van der Waals surface area contributed by atoms with Crippen molar-refractivity contribution >= 4 is 15.9 Å². The van der Waals surface area contributed by atoms with E-state index in [9.17, 15) is 4.39 Å². The molecule has 0 saturated heterocycles. The van der Waals surface area contributed by atoms with Crippen LogP contribution in [-0.4, -0.2) is 4.83 Å². The van der Waals surface area contributed by atoms with Crippen LogP contribution in [0.4, 0.5) is 4.39 Å². The first-order valence-corrected chi connectivity index (χ1v) is 6.33. The van der Waals surface area contributed by atoms with Gasteiger partial charge in [0.15, 0.2) is 0 Å². The Morgan fingerprint density at radius 1 is 1.47 bits per heavy atom. The van der Waals surface area contributed by atoms with E-state index >= 15 is 0 Å². The van der Waals surface area contributed by atoms with Gasteiger partial charge >= 0.3 is 0 Å². The Morgan fingerprint density at radius 2 is 2.20 bits per heavy atom. The summed E-state index contributed by atoms with van der Waals surface area (Å²) in [6.45, 7) is 4.11. The SMILES string of the molecule is Cc1cc(C2(C)CCC(Br)C2)ccc1F. The molecule has 0 radical (unpaired) electrons. The second kappa shape index (κ2) is 3.89. The summed E-state index contributed by atoms with van der Waals surface area (Å²) in [5, 5.41) is 0. The Bertz CT molecular complexity index is 375. The van der Waals surface area contributed by atoms with Crippen LogP contribution in [0.2, 0.25) is 0 Å². The predicted octanol–water partition coefficient (Wildman–Crippen LogP) is 4.34. The molecular weight excluding hydrogens is 255 g/mol. The van der Waals surface area contributed by atoms with Gasteiger partial charge < -0.3 is 0 Å². The zero-order valence-corrected chi connectivity index (χ0v) is 10.8. The van der Waals surface area contributed by atoms with E-state index in [-0.39, 0.29) is 11.2 Å². The fourth-order valence-corrected chi connectivity index (χ4v) is 3.39. The molecule has 15 heavy (non-hydrogen) atoms. The maximum atomic E-state index is 13.2. The van der Waals surface area contributed by atoms with Gasteiger partial charge in [0.1, 0.15) is 5.82 Å². The monoisotopic (exact) mass is 270 g/mol. The van der Waals surface area contributed by atoms with Crippen LogP contribution >= 0.6 is 15.9 Å². The Morgan fingerprint density at radius 3 is 2.73 bits per heavy atom. The van der Waals surface area contributed by atoms with E-state index in [1.807, 2.05) is 19.1 Å². The van der Waals surface area contributed by atoms with E-state index < -0.39 is 0 Å². The van der Waals surface area contributed by atoms with Crippen LogP contribution in [0.5, 0.6) is 0 Å². The molecule has 0 spiro atoms. The molecule has 2 unspecified atom stereocenters. The smallest absolute Gasteiger partial charge is 0.126 e. The zero-order chi connectivity index (χ0) is 11.1. The maximum absolute atomic E-state index is 13.2. The van der Waals surface area contributed by atoms with Gasteiger partial charge in [-0.05, 0) is 48.8 Å². The molecule has 0 amide bonds. The van der Waals surface area contributed by atoms with Crippen molar-refractivity contribution in [3.05, 3.63) is 35.1 Å². The topological polar surface area (TPSA) is 0 Å². The molecule has 2 atom stereocenters. The number of halogens is 2. The van der Waals surface area contributed by atoms with Crippen molar-refractivity contribution in [2.45, 2.75) is 43.4 Å². The molecule has 1 aromatic carbocycles. The van der Waals surface area contributed by atoms with Gasteiger partial charge in [-0.2, -0.15) is 0 Å². The van der Waals surface area contributed by atoms with E-state index in [4.69, 9.17) is 0 Å². The van der Waals surface area contributed by atoms with Gasteiger partial charge in [0.2, 0.25) is 0 Å². The molecule has 2 rings (SSSR count). The van der Waals surface area contributed by atoms with Gasteiger partial charge in [-0.25, -0.2) is 4.39 Å². The zero-order valence-electron chi connectivity index (χ0n) is 9.19. The highest BCUT2D eigenvalue weighted by molar-refractivity contribution is 9.09. The third-order valence-electron chi connectivity index (χ3n) is 3.54. The summed E-state index contributed by atoms with van der Waals surface area (Å²) in [4.78, 5) is 0.618. The predicted molar refractivity (Wildman–Crippen MR) is 65.1 cm³/mol. The molecule has 0 aromatic heterocycles. The van der Waals surface area contributed by atoms with Crippen molar-refractivity contribution in [2.24, 2.45) is 0 Å². The Labute approximate surface area is 99.0 Å². The third kappa shape index (κ3) is 2.10. The minimum Gasteiger partial charge on any atom is -0.207 e. The molecular formula is C13H16BrF. The summed E-state index contributed by atoms with van der Waals surface area (Å²) in [6.07, 6.45) is 3.55. The van der Waals surface area contributed by atoms with Crippen LogP contribution < -0.4 is 0 Å². The fraction of sp³-hybridized carbons (Fsp3) is 0.538. The largest absolute Gasteiger partial charge is 0.207 e. The highest BCUT2D eigenvalue weighted by Gasteiger charge is 2.35. The van der Waals surface area contributed by atoms with Crippen LogP contribution in [0.3, 0.4) is 0 Å². The number of rotatable bonds is 1. The number of hydrogen-bond donors (Lipinski definition) is 0. The highest BCUT2D eigenvalue weighted by atomic mass is 79.9. The average molecular weight is 271 g/mol. The maximum Gasteiger partial charge on any atom is 0.126 e. The molecule has 0 aliphatic heterocycles. The molecule has 0 nitrogen and oxygen atoms in total. The lowest BCUT2D eigenvalue weighted by Crippen LogP contribution is -2.18. The van der Waals surface area contributed by atoms with Crippen LogP contribution in [0.15, 0.2) is 18.2 Å². The lowest BCUT2D eigenvalue weighted by molar-refractivity contribution is 0.490. The summed E-state index contributed by atoms with van der Waals surface area (Å²) < 4.78 is 13.2. The van der Waals surface area contributed by atoms with Crippen molar-refractivity contribution < 1.29 is 4.39 Å². The molecule has 82 valence electrons. The summed E-state index contributed by atoms with van der Waals surface area (Å²) in [5.74, 6) is -0.101. The number of hydrogen-bond acceptors (Lipinski definition) is 0. The van der Waals surface area contributed by atoms with Gasteiger partial charge in [-0.15, -0.1) is 0 Å². The Kier molecular flexibility index (Phi) is 2.89. The molecule has 1 fully saturated rings. The summed E-state index contributed by atoms with van der Waals surface area (Å²) in [5.41, 5.74) is 2.27. The molecule has 1 aliphatic carbocycles. The lowest BCUT2D eigenvalue weighted by atomic mass is 9.80. The van der Waals surface area contributed by atoms with Crippen molar-refractivity contribution in [3.8, 4) is 0 Å². The quantitative estimate of drug-likeness (QED) is 0.666. The number of benzene rings is 1. The van der Waals surface area contributed by atoms with E-state index in [0.717, 1.165) is 12.0 Å². The summed E-state index contributed by atoms with van der Waals surface area (Å²) in [7, 11) is 0. The van der Waals surface area contributed by atoms with Crippen LogP contribution in [0.25, 0.3) is 0 Å². The van der Waals surface area contributed by atoms with Crippen molar-refractivity contribution in [1.29, 1.82) is 0 Å². The van der Waals surface area contributed by atoms with Crippen LogP contribution in [0, 0.1) is 12.7 Å². The Balaban J connectivity index is 2.33. The first kappa shape index (κ1) is 11.1. The van der Waals surface area contributed by atoms with Gasteiger partial charge in [-0.3, -0.25) is 0 Å². The fourth-order valence-electron chi connectivity index (χ4n) is 2.45. The molecule has 0 bridgehead atoms. The molecule has 2 heteroatoms. The standard InChI is InChI=1S/C13H16BrF/c1-9-7-10(3-4-12(9)15)13(2)6-5-11(14)8-13/h3-4,7,11H,5-6,8H2,1-2H3. The molecule has 0 heterocycles. The van der Waals surface area contributed by atoms with Gasteiger partial charge in [0.05, 0.1) is 0 Å². The lowest BCUT2D eigenvalue weighted by Gasteiger charge is -2.24. The first-order chi connectivity index (χ1) is 7.01. The number of aryl methyl sites for hydroxylation is 1. The minimum absolute atomic E-state index is 0.101. The van der Waals surface area contributed by atoms with E-state index in [0.29, 0.717) is 4.83 Å². The minimum atomic E-state index is -0.101. The van der Waals surface area contributed by atoms with Crippen molar-refractivity contribution in [2.75, 3.05) is 0 Å². The van der Waals surface area contributed by atoms with Crippen molar-refractivity contribution in [3.63, 3.8) is 0 Å². The highest BCUT2D eigenvalue weighted by Crippen LogP contribution is 2.43. The van der Waals surface area contributed by atoms with Gasteiger partial charge in [-0.1, -0.05) is 35.0 Å². The average Bonchev–Trinajstić information content (AvgIpc) is 2.52. The second-order valence-corrected chi connectivity index (χ2v) is 6.16.